The summed E-state index contributed by atoms with van der Waals surface area (Å²) in [6.07, 6.45) is 3.40. The van der Waals surface area contributed by atoms with Crippen molar-refractivity contribution in [1.29, 1.82) is 0 Å². The van der Waals surface area contributed by atoms with Gasteiger partial charge in [0.25, 0.3) is 0 Å². The standard InChI is InChI=1S/C18H31N3O2S.HI/c1-6-7-12-19-17(21-14-18(3,4)24(5,22)23)20-13-16-10-8-15(2)9-11-16;/h8-11H,6-7,12-14H2,1-5H3,(H2,19,20,21);1H. The van der Waals surface area contributed by atoms with Crippen molar-refractivity contribution in [3.05, 3.63) is 35.4 Å². The normalized spacial score (nSPS) is 12.4. The Balaban J connectivity index is 0.00000576. The minimum absolute atomic E-state index is 0. The van der Waals surface area contributed by atoms with Gasteiger partial charge in [-0.05, 0) is 32.8 Å². The van der Waals surface area contributed by atoms with Crippen LogP contribution >= 0.6 is 24.0 Å². The van der Waals surface area contributed by atoms with Crippen LogP contribution in [-0.2, 0) is 16.4 Å². The number of benzene rings is 1. The van der Waals surface area contributed by atoms with Crippen LogP contribution in [0.4, 0.5) is 0 Å². The zero-order valence-electron chi connectivity index (χ0n) is 15.9. The van der Waals surface area contributed by atoms with E-state index in [1.807, 2.05) is 0 Å². The summed E-state index contributed by atoms with van der Waals surface area (Å²) in [5.74, 6) is 0.653. The smallest absolute Gasteiger partial charge is 0.191 e. The van der Waals surface area contributed by atoms with Crippen LogP contribution in [0.3, 0.4) is 0 Å². The molecule has 0 radical (unpaired) electrons. The van der Waals surface area contributed by atoms with Crippen LogP contribution in [0.2, 0.25) is 0 Å². The first-order valence-electron chi connectivity index (χ1n) is 8.43. The van der Waals surface area contributed by atoms with Crippen molar-refractivity contribution in [3.63, 3.8) is 0 Å². The number of aliphatic imine (C=N–C) groups is 1. The average molecular weight is 481 g/mol. The van der Waals surface area contributed by atoms with Gasteiger partial charge in [-0.2, -0.15) is 0 Å². The van der Waals surface area contributed by atoms with Gasteiger partial charge in [-0.25, -0.2) is 13.4 Å². The fraction of sp³-hybridized carbons (Fsp3) is 0.611. The van der Waals surface area contributed by atoms with E-state index in [1.54, 1.807) is 13.8 Å². The molecule has 1 rings (SSSR count). The van der Waals surface area contributed by atoms with E-state index < -0.39 is 14.6 Å². The summed E-state index contributed by atoms with van der Waals surface area (Å²) in [4.78, 5) is 4.58. The molecule has 25 heavy (non-hydrogen) atoms. The van der Waals surface area contributed by atoms with E-state index in [1.165, 1.54) is 11.8 Å². The Labute approximate surface area is 170 Å². The Bertz CT molecular complexity index is 641. The van der Waals surface area contributed by atoms with Gasteiger partial charge >= 0.3 is 0 Å². The maximum atomic E-state index is 11.8. The third-order valence-electron chi connectivity index (χ3n) is 4.05. The summed E-state index contributed by atoms with van der Waals surface area (Å²) in [7, 11) is -3.14. The number of guanidine groups is 1. The maximum Gasteiger partial charge on any atom is 0.191 e. The van der Waals surface area contributed by atoms with E-state index in [2.05, 4.69) is 53.7 Å². The van der Waals surface area contributed by atoms with Crippen molar-refractivity contribution in [1.82, 2.24) is 10.6 Å². The van der Waals surface area contributed by atoms with Crippen molar-refractivity contribution >= 4 is 39.8 Å². The number of hydrogen-bond acceptors (Lipinski definition) is 3. The van der Waals surface area contributed by atoms with E-state index in [-0.39, 0.29) is 24.0 Å². The number of rotatable bonds is 8. The van der Waals surface area contributed by atoms with Crippen molar-refractivity contribution in [2.75, 3.05) is 19.3 Å². The Morgan fingerprint density at radius 1 is 1.16 bits per heavy atom. The lowest BCUT2D eigenvalue weighted by molar-refractivity contribution is 0.544. The lowest BCUT2D eigenvalue weighted by Gasteiger charge is -2.24. The van der Waals surface area contributed by atoms with Crippen LogP contribution in [-0.4, -0.2) is 38.5 Å². The molecule has 0 heterocycles. The van der Waals surface area contributed by atoms with Crippen LogP contribution < -0.4 is 10.6 Å². The molecule has 0 saturated carbocycles. The number of aryl methyl sites for hydroxylation is 1. The largest absolute Gasteiger partial charge is 0.356 e. The molecule has 0 fully saturated rings. The third kappa shape index (κ3) is 8.89. The third-order valence-corrected chi connectivity index (χ3v) is 6.20. The second-order valence-corrected chi connectivity index (χ2v) is 9.47. The molecule has 0 amide bonds. The number of nitrogens with one attached hydrogen (secondary N) is 2. The Hall–Kier alpha value is -0.830. The fourth-order valence-electron chi connectivity index (χ4n) is 1.85. The van der Waals surface area contributed by atoms with E-state index >= 15 is 0 Å². The van der Waals surface area contributed by atoms with Crippen LogP contribution in [0.15, 0.2) is 29.3 Å². The number of nitrogens with zero attached hydrogens (tertiary/aromatic N) is 1. The molecule has 7 heteroatoms. The van der Waals surface area contributed by atoms with Crippen molar-refractivity contribution in [2.24, 2.45) is 4.99 Å². The number of halogens is 1. The first kappa shape index (κ1) is 24.2. The van der Waals surface area contributed by atoms with Crippen LogP contribution in [0, 0.1) is 6.92 Å². The molecular weight excluding hydrogens is 449 g/mol. The first-order valence-corrected chi connectivity index (χ1v) is 10.3. The molecule has 0 saturated heterocycles. The van der Waals surface area contributed by atoms with Gasteiger partial charge < -0.3 is 10.6 Å². The van der Waals surface area contributed by atoms with Gasteiger partial charge in [-0.3, -0.25) is 0 Å². The molecule has 0 aliphatic heterocycles. The van der Waals surface area contributed by atoms with Gasteiger partial charge in [0, 0.05) is 19.3 Å². The second-order valence-electron chi connectivity index (χ2n) is 6.82. The van der Waals surface area contributed by atoms with Crippen LogP contribution in [0.1, 0.15) is 44.7 Å². The molecule has 0 spiro atoms. The molecule has 0 unspecified atom stereocenters. The van der Waals surface area contributed by atoms with Crippen LogP contribution in [0.5, 0.6) is 0 Å². The summed E-state index contributed by atoms with van der Waals surface area (Å²) in [5.41, 5.74) is 2.34. The zero-order valence-corrected chi connectivity index (χ0v) is 19.1. The van der Waals surface area contributed by atoms with Gasteiger partial charge in [0.05, 0.1) is 11.3 Å². The van der Waals surface area contributed by atoms with Gasteiger partial charge in [0.2, 0.25) is 0 Å². The summed E-state index contributed by atoms with van der Waals surface area (Å²) >= 11 is 0. The van der Waals surface area contributed by atoms with Gasteiger partial charge in [-0.15, -0.1) is 24.0 Å². The molecule has 0 bridgehead atoms. The Kier molecular flexibility index (Phi) is 10.6. The lowest BCUT2D eigenvalue weighted by Crippen LogP contribution is -2.47. The van der Waals surface area contributed by atoms with Gasteiger partial charge in [0.1, 0.15) is 0 Å². The summed E-state index contributed by atoms with van der Waals surface area (Å²) in [6, 6.07) is 8.25. The van der Waals surface area contributed by atoms with Gasteiger partial charge in [0.15, 0.2) is 15.8 Å². The summed E-state index contributed by atoms with van der Waals surface area (Å²) < 4.78 is 22.8. The molecule has 2 N–H and O–H groups in total. The van der Waals surface area contributed by atoms with Crippen molar-refractivity contribution < 1.29 is 8.42 Å². The molecule has 5 nitrogen and oxygen atoms in total. The lowest BCUT2D eigenvalue weighted by atomic mass is 10.1. The first-order chi connectivity index (χ1) is 11.2. The van der Waals surface area contributed by atoms with Gasteiger partial charge in [-0.1, -0.05) is 43.2 Å². The fourth-order valence-corrected chi connectivity index (χ4v) is 2.18. The second kappa shape index (κ2) is 11.0. The van der Waals surface area contributed by atoms with Crippen molar-refractivity contribution in [3.8, 4) is 0 Å². The minimum Gasteiger partial charge on any atom is -0.356 e. The molecule has 1 aromatic rings. The zero-order chi connectivity index (χ0) is 18.2. The maximum absolute atomic E-state index is 11.8. The van der Waals surface area contributed by atoms with Crippen LogP contribution in [0.25, 0.3) is 0 Å². The predicted octanol–water partition coefficient (Wildman–Crippen LogP) is 3.27. The van der Waals surface area contributed by atoms with E-state index in [0.717, 1.165) is 24.9 Å². The number of unbranched alkanes of at least 4 members (excludes halogenated alkanes) is 1. The Morgan fingerprint density at radius 3 is 2.28 bits per heavy atom. The quantitative estimate of drug-likeness (QED) is 0.259. The number of hydrogen-bond donors (Lipinski definition) is 2. The molecular formula is C18H32IN3O2S. The molecule has 0 atom stereocenters. The highest BCUT2D eigenvalue weighted by Crippen LogP contribution is 2.13. The summed E-state index contributed by atoms with van der Waals surface area (Å²) in [6.45, 7) is 9.32. The SMILES string of the molecule is CCCCNC(=NCc1ccc(C)cc1)NCC(C)(C)S(C)(=O)=O.I. The summed E-state index contributed by atoms with van der Waals surface area (Å²) in [5, 5.41) is 6.44. The highest BCUT2D eigenvalue weighted by Gasteiger charge is 2.30. The minimum atomic E-state index is -3.14. The molecule has 0 aliphatic carbocycles. The Morgan fingerprint density at radius 2 is 1.76 bits per heavy atom. The van der Waals surface area contributed by atoms with E-state index in [4.69, 9.17) is 0 Å². The van der Waals surface area contributed by atoms with E-state index in [9.17, 15) is 8.42 Å². The highest BCUT2D eigenvalue weighted by molar-refractivity contribution is 14.0. The highest BCUT2D eigenvalue weighted by atomic mass is 127. The molecule has 144 valence electrons. The monoisotopic (exact) mass is 481 g/mol. The molecule has 0 aliphatic rings. The molecule has 0 aromatic heterocycles. The topological polar surface area (TPSA) is 70.6 Å². The molecule has 1 aromatic carbocycles. The number of sulfone groups is 1. The predicted molar refractivity (Wildman–Crippen MR) is 118 cm³/mol. The van der Waals surface area contributed by atoms with Crippen molar-refractivity contribution in [2.45, 2.75) is 51.8 Å². The average Bonchev–Trinajstić information content (AvgIpc) is 2.50. The van der Waals surface area contributed by atoms with E-state index in [0.29, 0.717) is 19.0 Å².